The average Bonchev–Trinajstić information content (AvgIpc) is 2.46. The summed E-state index contributed by atoms with van der Waals surface area (Å²) in [6.45, 7) is 0. The van der Waals surface area contributed by atoms with Crippen LogP contribution in [-0.2, 0) is 10.1 Å². The summed E-state index contributed by atoms with van der Waals surface area (Å²) in [6.07, 6.45) is 0. The lowest BCUT2D eigenvalue weighted by Crippen LogP contribution is -1.99. The highest BCUT2D eigenvalue weighted by Crippen LogP contribution is 2.23. The van der Waals surface area contributed by atoms with Gasteiger partial charge in [-0.2, -0.15) is 8.42 Å². The topological polar surface area (TPSA) is 66.4 Å². The van der Waals surface area contributed by atoms with Crippen LogP contribution in [0.5, 0.6) is 0 Å². The molecule has 3 aromatic rings. The molecule has 0 aliphatic heterocycles. The predicted octanol–water partition coefficient (Wildman–Crippen LogP) is 3.83. The summed E-state index contributed by atoms with van der Waals surface area (Å²) in [6, 6.07) is 19.9. The Balaban J connectivity index is 1.95. The minimum Gasteiger partial charge on any atom is -0.355 e. The SMILES string of the molecule is O=S(=O)(O)c1cccc(Nc2ccc3ccccc3c2)c1. The zero-order chi connectivity index (χ0) is 14.9. The van der Waals surface area contributed by atoms with E-state index in [9.17, 15) is 8.42 Å². The minimum atomic E-state index is -4.19. The predicted molar refractivity (Wildman–Crippen MR) is 83.5 cm³/mol. The van der Waals surface area contributed by atoms with E-state index in [0.717, 1.165) is 16.5 Å². The lowest BCUT2D eigenvalue weighted by Gasteiger charge is -2.08. The van der Waals surface area contributed by atoms with Crippen molar-refractivity contribution in [1.82, 2.24) is 0 Å². The maximum Gasteiger partial charge on any atom is 0.294 e. The lowest BCUT2D eigenvalue weighted by molar-refractivity contribution is 0.483. The van der Waals surface area contributed by atoms with Gasteiger partial charge in [-0.05, 0) is 41.1 Å². The second-order valence-electron chi connectivity index (χ2n) is 4.69. The molecule has 0 heterocycles. The fourth-order valence-corrected chi connectivity index (χ4v) is 2.69. The first-order valence-corrected chi connectivity index (χ1v) is 7.80. The van der Waals surface area contributed by atoms with Gasteiger partial charge < -0.3 is 5.32 Å². The van der Waals surface area contributed by atoms with E-state index in [4.69, 9.17) is 4.55 Å². The van der Waals surface area contributed by atoms with Gasteiger partial charge in [0.1, 0.15) is 0 Å². The van der Waals surface area contributed by atoms with Crippen molar-refractivity contribution < 1.29 is 13.0 Å². The van der Waals surface area contributed by atoms with Gasteiger partial charge in [-0.1, -0.05) is 36.4 Å². The van der Waals surface area contributed by atoms with Crippen molar-refractivity contribution >= 4 is 32.3 Å². The van der Waals surface area contributed by atoms with Crippen molar-refractivity contribution in [3.8, 4) is 0 Å². The average molecular weight is 299 g/mol. The second-order valence-corrected chi connectivity index (χ2v) is 6.11. The van der Waals surface area contributed by atoms with Gasteiger partial charge in [0.05, 0.1) is 4.90 Å². The zero-order valence-corrected chi connectivity index (χ0v) is 11.8. The van der Waals surface area contributed by atoms with Crippen LogP contribution in [0.3, 0.4) is 0 Å². The summed E-state index contributed by atoms with van der Waals surface area (Å²) in [5.74, 6) is 0. The van der Waals surface area contributed by atoms with Crippen LogP contribution in [0.15, 0.2) is 71.6 Å². The van der Waals surface area contributed by atoms with E-state index in [1.54, 1.807) is 12.1 Å². The number of rotatable bonds is 3. The molecule has 0 saturated heterocycles. The molecule has 0 amide bonds. The number of benzene rings is 3. The van der Waals surface area contributed by atoms with Crippen LogP contribution in [0.25, 0.3) is 10.8 Å². The van der Waals surface area contributed by atoms with Crippen LogP contribution in [0.2, 0.25) is 0 Å². The Morgan fingerprint density at radius 1 is 0.762 bits per heavy atom. The Hall–Kier alpha value is -2.37. The molecule has 106 valence electrons. The molecule has 0 aliphatic rings. The van der Waals surface area contributed by atoms with Gasteiger partial charge in [0.15, 0.2) is 0 Å². The summed E-state index contributed by atoms with van der Waals surface area (Å²) in [5.41, 5.74) is 1.45. The van der Waals surface area contributed by atoms with Gasteiger partial charge in [0, 0.05) is 11.4 Å². The van der Waals surface area contributed by atoms with Crippen LogP contribution in [0.1, 0.15) is 0 Å². The Morgan fingerprint density at radius 2 is 1.48 bits per heavy atom. The van der Waals surface area contributed by atoms with E-state index >= 15 is 0 Å². The third-order valence-corrected chi connectivity index (χ3v) is 4.02. The second kappa shape index (κ2) is 5.20. The van der Waals surface area contributed by atoms with Gasteiger partial charge in [-0.15, -0.1) is 0 Å². The number of nitrogens with one attached hydrogen (secondary N) is 1. The number of hydrogen-bond donors (Lipinski definition) is 2. The summed E-state index contributed by atoms with van der Waals surface area (Å²) >= 11 is 0. The Morgan fingerprint density at radius 3 is 2.24 bits per heavy atom. The number of hydrogen-bond acceptors (Lipinski definition) is 3. The molecular weight excluding hydrogens is 286 g/mol. The zero-order valence-electron chi connectivity index (χ0n) is 11.0. The summed E-state index contributed by atoms with van der Waals surface area (Å²) in [4.78, 5) is -0.131. The highest BCUT2D eigenvalue weighted by atomic mass is 32.2. The van der Waals surface area contributed by atoms with Crippen molar-refractivity contribution in [2.24, 2.45) is 0 Å². The normalized spacial score (nSPS) is 11.5. The van der Waals surface area contributed by atoms with Crippen molar-refractivity contribution in [3.63, 3.8) is 0 Å². The van der Waals surface area contributed by atoms with Gasteiger partial charge in [-0.3, -0.25) is 4.55 Å². The van der Waals surface area contributed by atoms with Crippen molar-refractivity contribution in [3.05, 3.63) is 66.7 Å². The molecule has 2 N–H and O–H groups in total. The molecule has 0 atom stereocenters. The van der Waals surface area contributed by atoms with Crippen LogP contribution in [0, 0.1) is 0 Å². The van der Waals surface area contributed by atoms with Crippen LogP contribution in [0.4, 0.5) is 11.4 Å². The third kappa shape index (κ3) is 3.04. The van der Waals surface area contributed by atoms with Crippen molar-refractivity contribution in [2.45, 2.75) is 4.90 Å². The molecule has 5 heteroatoms. The molecule has 21 heavy (non-hydrogen) atoms. The van der Waals surface area contributed by atoms with Crippen molar-refractivity contribution in [2.75, 3.05) is 5.32 Å². The molecule has 3 aromatic carbocycles. The minimum absolute atomic E-state index is 0.131. The largest absolute Gasteiger partial charge is 0.355 e. The number of fused-ring (bicyclic) bond motifs is 1. The first-order chi connectivity index (χ1) is 10.0. The van der Waals surface area contributed by atoms with E-state index in [2.05, 4.69) is 5.32 Å². The molecule has 0 bridgehead atoms. The van der Waals surface area contributed by atoms with E-state index in [-0.39, 0.29) is 4.90 Å². The molecule has 0 fully saturated rings. The standard InChI is InChI=1S/C16H13NO3S/c18-21(19,20)16-7-3-6-14(11-16)17-15-9-8-12-4-1-2-5-13(12)10-15/h1-11,17H,(H,18,19,20). The fourth-order valence-electron chi connectivity index (χ4n) is 2.17. The van der Waals surface area contributed by atoms with E-state index in [1.165, 1.54) is 12.1 Å². The molecule has 3 rings (SSSR count). The first-order valence-electron chi connectivity index (χ1n) is 6.36. The quantitative estimate of drug-likeness (QED) is 0.721. The molecular formula is C16H13NO3S. The summed E-state index contributed by atoms with van der Waals surface area (Å²) < 4.78 is 31.3. The van der Waals surface area contributed by atoms with E-state index in [1.807, 2.05) is 42.5 Å². The van der Waals surface area contributed by atoms with Gasteiger partial charge in [-0.25, -0.2) is 0 Å². The maximum absolute atomic E-state index is 11.1. The Kier molecular flexibility index (Phi) is 3.37. The lowest BCUT2D eigenvalue weighted by atomic mass is 10.1. The van der Waals surface area contributed by atoms with Gasteiger partial charge in [0.25, 0.3) is 10.1 Å². The highest BCUT2D eigenvalue weighted by Gasteiger charge is 2.09. The molecule has 0 spiro atoms. The summed E-state index contributed by atoms with van der Waals surface area (Å²) in [5, 5.41) is 5.36. The molecule has 0 aromatic heterocycles. The molecule has 0 radical (unpaired) electrons. The van der Waals surface area contributed by atoms with E-state index < -0.39 is 10.1 Å². The molecule has 4 nitrogen and oxygen atoms in total. The number of anilines is 2. The van der Waals surface area contributed by atoms with Crippen LogP contribution < -0.4 is 5.32 Å². The van der Waals surface area contributed by atoms with E-state index in [0.29, 0.717) is 5.69 Å². The maximum atomic E-state index is 11.1. The Labute approximate surface area is 122 Å². The van der Waals surface area contributed by atoms with Crippen LogP contribution in [-0.4, -0.2) is 13.0 Å². The molecule has 0 saturated carbocycles. The van der Waals surface area contributed by atoms with Gasteiger partial charge >= 0.3 is 0 Å². The van der Waals surface area contributed by atoms with Crippen molar-refractivity contribution in [1.29, 1.82) is 0 Å². The molecule has 0 unspecified atom stereocenters. The smallest absolute Gasteiger partial charge is 0.294 e. The monoisotopic (exact) mass is 299 g/mol. The third-order valence-electron chi connectivity index (χ3n) is 3.17. The van der Waals surface area contributed by atoms with Crippen LogP contribution >= 0.6 is 0 Å². The molecule has 0 aliphatic carbocycles. The fraction of sp³-hybridized carbons (Fsp3) is 0. The first kappa shape index (κ1) is 13.6. The highest BCUT2D eigenvalue weighted by molar-refractivity contribution is 7.85. The summed E-state index contributed by atoms with van der Waals surface area (Å²) in [7, 11) is -4.19. The van der Waals surface area contributed by atoms with Gasteiger partial charge in [0.2, 0.25) is 0 Å². The Bertz CT molecular complexity index is 904.